The summed E-state index contributed by atoms with van der Waals surface area (Å²) in [5.74, 6) is 0.851. The third-order valence-electron chi connectivity index (χ3n) is 3.46. The van der Waals surface area contributed by atoms with Gasteiger partial charge in [0.15, 0.2) is 0 Å². The summed E-state index contributed by atoms with van der Waals surface area (Å²) in [6.07, 6.45) is 5.25. The molecule has 1 aliphatic carbocycles. The third-order valence-corrected chi connectivity index (χ3v) is 3.46. The minimum absolute atomic E-state index is 0.199. The van der Waals surface area contributed by atoms with Gasteiger partial charge in [0.25, 0.3) is 0 Å². The van der Waals surface area contributed by atoms with Crippen LogP contribution in [0.5, 0.6) is 0 Å². The van der Waals surface area contributed by atoms with Crippen LogP contribution in [0.3, 0.4) is 0 Å². The van der Waals surface area contributed by atoms with Crippen molar-refractivity contribution < 1.29 is 4.74 Å². The van der Waals surface area contributed by atoms with E-state index in [4.69, 9.17) is 4.74 Å². The van der Waals surface area contributed by atoms with E-state index in [0.717, 1.165) is 19.1 Å². The van der Waals surface area contributed by atoms with Gasteiger partial charge >= 0.3 is 0 Å². The summed E-state index contributed by atoms with van der Waals surface area (Å²) in [7, 11) is 0. The van der Waals surface area contributed by atoms with E-state index in [2.05, 4.69) is 19.2 Å². The van der Waals surface area contributed by atoms with Crippen molar-refractivity contribution in [3.63, 3.8) is 0 Å². The molecule has 1 spiro atoms. The lowest BCUT2D eigenvalue weighted by Gasteiger charge is -2.44. The molecule has 1 saturated heterocycles. The Bertz CT molecular complexity index is 173. The summed E-state index contributed by atoms with van der Waals surface area (Å²) in [6, 6.07) is 0.544. The maximum Gasteiger partial charge on any atom is 0.0809 e. The van der Waals surface area contributed by atoms with Gasteiger partial charge in [-0.05, 0) is 25.7 Å². The van der Waals surface area contributed by atoms with Crippen LogP contribution in [0, 0.1) is 5.92 Å². The Hall–Kier alpha value is -0.0800. The van der Waals surface area contributed by atoms with Crippen molar-refractivity contribution in [2.75, 3.05) is 13.2 Å². The van der Waals surface area contributed by atoms with Crippen molar-refractivity contribution in [2.45, 2.75) is 51.2 Å². The Morgan fingerprint density at radius 3 is 2.85 bits per heavy atom. The van der Waals surface area contributed by atoms with Crippen LogP contribution >= 0.6 is 0 Å². The van der Waals surface area contributed by atoms with Crippen molar-refractivity contribution in [1.29, 1.82) is 0 Å². The molecule has 0 bridgehead atoms. The van der Waals surface area contributed by atoms with Crippen molar-refractivity contribution >= 4 is 0 Å². The minimum atomic E-state index is 0.199. The topological polar surface area (TPSA) is 21.3 Å². The fourth-order valence-electron chi connectivity index (χ4n) is 2.68. The van der Waals surface area contributed by atoms with Gasteiger partial charge in [-0.3, -0.25) is 0 Å². The van der Waals surface area contributed by atoms with E-state index in [1.807, 2.05) is 0 Å². The van der Waals surface area contributed by atoms with Crippen molar-refractivity contribution in [2.24, 2.45) is 5.92 Å². The monoisotopic (exact) mass is 183 g/mol. The van der Waals surface area contributed by atoms with Crippen molar-refractivity contribution in [3.05, 3.63) is 0 Å². The molecular weight excluding hydrogens is 162 g/mol. The number of hydrogen-bond donors (Lipinski definition) is 1. The van der Waals surface area contributed by atoms with Crippen LogP contribution in [0.4, 0.5) is 0 Å². The van der Waals surface area contributed by atoms with Crippen LogP contribution in [0.25, 0.3) is 0 Å². The van der Waals surface area contributed by atoms with Crippen LogP contribution in [-0.4, -0.2) is 24.8 Å². The molecule has 0 amide bonds. The maximum absolute atomic E-state index is 6.03. The molecule has 2 fully saturated rings. The summed E-state index contributed by atoms with van der Waals surface area (Å²) in [5, 5.41) is 3.54. The number of morpholine rings is 1. The standard InChI is InChI=1S/C11H21NO/c1-9-4-3-5-11(6-9)8-12-10(2)7-13-11/h9-10,12H,3-8H2,1-2H3. The van der Waals surface area contributed by atoms with E-state index in [-0.39, 0.29) is 5.60 Å². The lowest BCUT2D eigenvalue weighted by molar-refractivity contribution is -0.110. The molecule has 1 N–H and O–H groups in total. The SMILES string of the molecule is CC1CCCC2(CNC(C)CO2)C1. The second-order valence-electron chi connectivity index (χ2n) is 4.98. The van der Waals surface area contributed by atoms with Crippen LogP contribution in [0.1, 0.15) is 39.5 Å². The predicted molar refractivity (Wildman–Crippen MR) is 53.8 cm³/mol. The highest BCUT2D eigenvalue weighted by atomic mass is 16.5. The maximum atomic E-state index is 6.03. The average Bonchev–Trinajstić information content (AvgIpc) is 2.11. The zero-order chi connectivity index (χ0) is 9.31. The highest BCUT2D eigenvalue weighted by molar-refractivity contribution is 4.92. The molecule has 0 aromatic rings. The number of hydrogen-bond acceptors (Lipinski definition) is 2. The average molecular weight is 183 g/mol. The first-order valence-electron chi connectivity index (χ1n) is 5.58. The van der Waals surface area contributed by atoms with Crippen molar-refractivity contribution in [3.8, 4) is 0 Å². The molecule has 0 radical (unpaired) electrons. The van der Waals surface area contributed by atoms with Gasteiger partial charge in [0.2, 0.25) is 0 Å². The normalized spacial score (nSPS) is 46.6. The summed E-state index contributed by atoms with van der Waals surface area (Å²) in [6.45, 7) is 6.51. The molecule has 76 valence electrons. The van der Waals surface area contributed by atoms with Gasteiger partial charge in [-0.25, -0.2) is 0 Å². The molecule has 3 unspecified atom stereocenters. The molecule has 2 aliphatic rings. The van der Waals surface area contributed by atoms with Crippen LogP contribution in [0.2, 0.25) is 0 Å². The quantitative estimate of drug-likeness (QED) is 0.619. The third kappa shape index (κ3) is 2.05. The first kappa shape index (κ1) is 9.47. The highest BCUT2D eigenvalue weighted by Gasteiger charge is 2.38. The predicted octanol–water partition coefficient (Wildman–Crippen LogP) is 1.94. The largest absolute Gasteiger partial charge is 0.372 e. The molecule has 2 heteroatoms. The molecule has 2 nitrogen and oxygen atoms in total. The Labute approximate surface area is 81.0 Å². The van der Waals surface area contributed by atoms with Gasteiger partial charge in [-0.1, -0.05) is 19.8 Å². The van der Waals surface area contributed by atoms with E-state index >= 15 is 0 Å². The fraction of sp³-hybridized carbons (Fsp3) is 1.00. The minimum Gasteiger partial charge on any atom is -0.372 e. The van der Waals surface area contributed by atoms with Gasteiger partial charge in [0.05, 0.1) is 12.2 Å². The summed E-state index contributed by atoms with van der Waals surface area (Å²) in [4.78, 5) is 0. The van der Waals surface area contributed by atoms with E-state index < -0.39 is 0 Å². The first-order valence-corrected chi connectivity index (χ1v) is 5.58. The zero-order valence-corrected chi connectivity index (χ0v) is 8.81. The fourth-order valence-corrected chi connectivity index (χ4v) is 2.68. The second-order valence-corrected chi connectivity index (χ2v) is 4.98. The van der Waals surface area contributed by atoms with Crippen LogP contribution in [0.15, 0.2) is 0 Å². The molecule has 13 heavy (non-hydrogen) atoms. The molecule has 3 atom stereocenters. The summed E-state index contributed by atoms with van der Waals surface area (Å²) >= 11 is 0. The molecule has 2 rings (SSSR count). The molecule has 1 heterocycles. The molecule has 0 aromatic carbocycles. The number of nitrogens with one attached hydrogen (secondary N) is 1. The summed E-state index contributed by atoms with van der Waals surface area (Å²) < 4.78 is 6.03. The van der Waals surface area contributed by atoms with Gasteiger partial charge < -0.3 is 10.1 Å². The lowest BCUT2D eigenvalue weighted by Crippen LogP contribution is -2.55. The zero-order valence-electron chi connectivity index (χ0n) is 8.81. The smallest absolute Gasteiger partial charge is 0.0809 e. The summed E-state index contributed by atoms with van der Waals surface area (Å²) in [5.41, 5.74) is 0.199. The van der Waals surface area contributed by atoms with E-state index in [9.17, 15) is 0 Å². The highest BCUT2D eigenvalue weighted by Crippen LogP contribution is 2.36. The molecule has 0 aromatic heterocycles. The van der Waals surface area contributed by atoms with E-state index in [1.54, 1.807) is 0 Å². The molecule has 1 saturated carbocycles. The van der Waals surface area contributed by atoms with Gasteiger partial charge in [0.1, 0.15) is 0 Å². The van der Waals surface area contributed by atoms with Crippen LogP contribution < -0.4 is 5.32 Å². The van der Waals surface area contributed by atoms with Crippen molar-refractivity contribution in [1.82, 2.24) is 5.32 Å². The first-order chi connectivity index (χ1) is 6.20. The number of ether oxygens (including phenoxy) is 1. The van der Waals surface area contributed by atoms with E-state index in [0.29, 0.717) is 6.04 Å². The van der Waals surface area contributed by atoms with Gasteiger partial charge in [-0.15, -0.1) is 0 Å². The Morgan fingerprint density at radius 2 is 2.23 bits per heavy atom. The Balaban J connectivity index is 1.95. The Morgan fingerprint density at radius 1 is 1.38 bits per heavy atom. The van der Waals surface area contributed by atoms with Gasteiger partial charge in [0, 0.05) is 12.6 Å². The molecule has 1 aliphatic heterocycles. The number of rotatable bonds is 0. The van der Waals surface area contributed by atoms with E-state index in [1.165, 1.54) is 25.7 Å². The molecular formula is C11H21NO. The van der Waals surface area contributed by atoms with Gasteiger partial charge in [-0.2, -0.15) is 0 Å². The second kappa shape index (κ2) is 3.58. The lowest BCUT2D eigenvalue weighted by atomic mass is 9.78. The Kier molecular flexibility index (Phi) is 2.61. The van der Waals surface area contributed by atoms with Crippen LogP contribution in [-0.2, 0) is 4.74 Å².